The van der Waals surface area contributed by atoms with Crippen LogP contribution in [0.3, 0.4) is 0 Å². The first kappa shape index (κ1) is 12.6. The largest absolute Gasteiger partial charge is 0.482 e. The Labute approximate surface area is 130 Å². The molecule has 4 rings (SSSR count). The number of para-hydroxylation sites is 1. The van der Waals surface area contributed by atoms with Crippen LogP contribution in [0.2, 0.25) is 5.15 Å². The number of rotatable bonds is 2. The van der Waals surface area contributed by atoms with E-state index in [1.807, 2.05) is 18.2 Å². The van der Waals surface area contributed by atoms with Crippen molar-refractivity contribution < 1.29 is 4.74 Å². The molecule has 2 heterocycles. The second-order valence-electron chi connectivity index (χ2n) is 5.26. The summed E-state index contributed by atoms with van der Waals surface area (Å²) in [7, 11) is 0. The molecule has 3 nitrogen and oxygen atoms in total. The molecule has 1 aromatic carbocycles. The molecule has 0 radical (unpaired) electrons. The summed E-state index contributed by atoms with van der Waals surface area (Å²) in [6.07, 6.45) is 3.03. The van der Waals surface area contributed by atoms with E-state index in [2.05, 4.69) is 27.0 Å². The maximum Gasteiger partial charge on any atom is 0.171 e. The fourth-order valence-electron chi connectivity index (χ4n) is 2.55. The first-order chi connectivity index (χ1) is 9.72. The monoisotopic (exact) mass is 350 g/mol. The number of benzene rings is 1. The summed E-state index contributed by atoms with van der Waals surface area (Å²) in [5, 5.41) is 0.483. The van der Waals surface area contributed by atoms with E-state index in [0.717, 1.165) is 22.3 Å². The fourth-order valence-corrected chi connectivity index (χ4v) is 3.23. The van der Waals surface area contributed by atoms with Crippen LogP contribution in [0.15, 0.2) is 28.7 Å². The zero-order chi connectivity index (χ0) is 13.7. The highest BCUT2D eigenvalue weighted by atomic mass is 79.9. The lowest BCUT2D eigenvalue weighted by molar-refractivity contribution is 0.227. The molecule has 1 atom stereocenters. The number of nitrogens with zero attached hydrogens (tertiary/aromatic N) is 2. The Morgan fingerprint density at radius 2 is 2.00 bits per heavy atom. The van der Waals surface area contributed by atoms with E-state index in [4.69, 9.17) is 21.3 Å². The van der Waals surface area contributed by atoms with E-state index < -0.39 is 0 Å². The molecule has 20 heavy (non-hydrogen) atoms. The second-order valence-corrected chi connectivity index (χ2v) is 6.42. The fraction of sp³-hybridized carbons (Fsp3) is 0.333. The molecular formula is C15H12BrClN2O. The van der Waals surface area contributed by atoms with Crippen LogP contribution in [-0.2, 0) is 6.42 Å². The van der Waals surface area contributed by atoms with Gasteiger partial charge in [0.1, 0.15) is 10.9 Å². The van der Waals surface area contributed by atoms with Crippen molar-refractivity contribution in [3.63, 3.8) is 0 Å². The Morgan fingerprint density at radius 3 is 2.75 bits per heavy atom. The summed E-state index contributed by atoms with van der Waals surface area (Å²) in [5.74, 6) is 2.14. The van der Waals surface area contributed by atoms with Crippen LogP contribution >= 0.6 is 27.5 Å². The predicted molar refractivity (Wildman–Crippen MR) is 80.2 cm³/mol. The highest BCUT2D eigenvalue weighted by Gasteiger charge is 2.32. The quantitative estimate of drug-likeness (QED) is 0.750. The molecule has 1 aliphatic heterocycles. The first-order valence-corrected chi connectivity index (χ1v) is 7.87. The summed E-state index contributed by atoms with van der Waals surface area (Å²) in [6, 6.07) is 8.07. The minimum Gasteiger partial charge on any atom is -0.482 e. The van der Waals surface area contributed by atoms with Crippen LogP contribution in [-0.4, -0.2) is 9.97 Å². The molecule has 102 valence electrons. The molecule has 1 fully saturated rings. The van der Waals surface area contributed by atoms with Crippen LogP contribution in [0.4, 0.5) is 0 Å². The van der Waals surface area contributed by atoms with Crippen molar-refractivity contribution >= 4 is 27.5 Å². The molecule has 0 saturated heterocycles. The number of hydrogen-bond donors (Lipinski definition) is 0. The minimum absolute atomic E-state index is 0.129. The lowest BCUT2D eigenvalue weighted by atomic mass is 10.1. The van der Waals surface area contributed by atoms with Gasteiger partial charge >= 0.3 is 0 Å². The zero-order valence-electron chi connectivity index (χ0n) is 10.6. The van der Waals surface area contributed by atoms with Gasteiger partial charge in [-0.2, -0.15) is 0 Å². The van der Waals surface area contributed by atoms with E-state index in [1.165, 1.54) is 18.4 Å². The van der Waals surface area contributed by atoms with Crippen molar-refractivity contribution in [2.24, 2.45) is 0 Å². The predicted octanol–water partition coefficient (Wildman–Crippen LogP) is 4.45. The third-order valence-corrected chi connectivity index (χ3v) is 5.04. The smallest absolute Gasteiger partial charge is 0.171 e. The molecule has 5 heteroatoms. The molecule has 0 bridgehead atoms. The maximum absolute atomic E-state index is 6.23. The molecule has 1 aromatic heterocycles. The molecule has 1 unspecified atom stereocenters. The van der Waals surface area contributed by atoms with Gasteiger partial charge in [-0.05, 0) is 40.4 Å². The maximum atomic E-state index is 6.23. The van der Waals surface area contributed by atoms with E-state index in [1.54, 1.807) is 0 Å². The van der Waals surface area contributed by atoms with Crippen molar-refractivity contribution in [1.29, 1.82) is 0 Å². The van der Waals surface area contributed by atoms with Crippen LogP contribution in [0.5, 0.6) is 5.75 Å². The van der Waals surface area contributed by atoms with Gasteiger partial charge < -0.3 is 4.74 Å². The highest BCUT2D eigenvalue weighted by molar-refractivity contribution is 9.10. The van der Waals surface area contributed by atoms with Gasteiger partial charge in [-0.25, -0.2) is 9.97 Å². The third-order valence-electron chi connectivity index (χ3n) is 3.75. The summed E-state index contributed by atoms with van der Waals surface area (Å²) in [5.41, 5.74) is 2.23. The Morgan fingerprint density at radius 1 is 1.20 bits per heavy atom. The summed E-state index contributed by atoms with van der Waals surface area (Å²) in [4.78, 5) is 9.08. The van der Waals surface area contributed by atoms with Gasteiger partial charge in [0.25, 0.3) is 0 Å². The SMILES string of the molecule is Clc1nc(C2Cc3ccccc3O2)nc(C2CC2)c1Br. The van der Waals surface area contributed by atoms with Crippen molar-refractivity contribution in [2.75, 3.05) is 0 Å². The summed E-state index contributed by atoms with van der Waals surface area (Å²) >= 11 is 9.72. The number of halogens is 2. The zero-order valence-corrected chi connectivity index (χ0v) is 13.0. The third kappa shape index (κ3) is 2.11. The van der Waals surface area contributed by atoms with E-state index in [-0.39, 0.29) is 6.10 Å². The minimum atomic E-state index is -0.129. The second kappa shape index (κ2) is 4.71. The van der Waals surface area contributed by atoms with Crippen LogP contribution in [0.25, 0.3) is 0 Å². The Hall–Kier alpha value is -1.13. The van der Waals surface area contributed by atoms with Gasteiger partial charge in [0, 0.05) is 12.3 Å². The average Bonchev–Trinajstić information content (AvgIpc) is 3.19. The van der Waals surface area contributed by atoms with E-state index >= 15 is 0 Å². The number of ether oxygens (including phenoxy) is 1. The van der Waals surface area contributed by atoms with Crippen molar-refractivity contribution in [2.45, 2.75) is 31.3 Å². The van der Waals surface area contributed by atoms with Crippen LogP contribution in [0, 0.1) is 0 Å². The molecule has 0 amide bonds. The van der Waals surface area contributed by atoms with Crippen LogP contribution < -0.4 is 4.74 Å². The van der Waals surface area contributed by atoms with Crippen molar-refractivity contribution in [3.05, 3.63) is 51.0 Å². The Kier molecular flexibility index (Phi) is 2.97. The summed E-state index contributed by atoms with van der Waals surface area (Å²) in [6.45, 7) is 0. The van der Waals surface area contributed by atoms with Crippen molar-refractivity contribution in [3.8, 4) is 5.75 Å². The molecule has 2 aliphatic rings. The van der Waals surface area contributed by atoms with Gasteiger partial charge in [-0.15, -0.1) is 0 Å². The molecule has 1 saturated carbocycles. The molecular weight excluding hydrogens is 340 g/mol. The molecule has 1 aliphatic carbocycles. The van der Waals surface area contributed by atoms with Gasteiger partial charge in [-0.1, -0.05) is 29.8 Å². The lowest BCUT2D eigenvalue weighted by Gasteiger charge is -2.12. The molecule has 0 spiro atoms. The standard InChI is InChI=1S/C15H12BrClN2O/c16-12-13(8-5-6-8)18-15(19-14(12)17)11-7-9-3-1-2-4-10(9)20-11/h1-4,8,11H,5-7H2. The van der Waals surface area contributed by atoms with Gasteiger partial charge in [0.2, 0.25) is 0 Å². The number of hydrogen-bond acceptors (Lipinski definition) is 3. The van der Waals surface area contributed by atoms with Crippen molar-refractivity contribution in [1.82, 2.24) is 9.97 Å². The molecule has 2 aromatic rings. The Balaban J connectivity index is 1.70. The number of fused-ring (bicyclic) bond motifs is 1. The molecule has 0 N–H and O–H groups in total. The normalized spacial score (nSPS) is 20.6. The van der Waals surface area contributed by atoms with Gasteiger partial charge in [0.15, 0.2) is 11.9 Å². The summed E-state index contributed by atoms with van der Waals surface area (Å²) < 4.78 is 6.78. The highest BCUT2D eigenvalue weighted by Crippen LogP contribution is 2.44. The van der Waals surface area contributed by atoms with Gasteiger partial charge in [0.05, 0.1) is 10.2 Å². The first-order valence-electron chi connectivity index (χ1n) is 6.70. The topological polar surface area (TPSA) is 35.0 Å². The van der Waals surface area contributed by atoms with E-state index in [9.17, 15) is 0 Å². The average molecular weight is 352 g/mol. The van der Waals surface area contributed by atoms with Crippen LogP contribution in [0.1, 0.15) is 41.9 Å². The Bertz CT molecular complexity index is 663. The lowest BCUT2D eigenvalue weighted by Crippen LogP contribution is -2.10. The van der Waals surface area contributed by atoms with E-state index in [0.29, 0.717) is 16.9 Å². The van der Waals surface area contributed by atoms with Gasteiger partial charge in [-0.3, -0.25) is 0 Å². The number of aromatic nitrogens is 2.